The number of hydrogen-bond acceptors (Lipinski definition) is 3. The summed E-state index contributed by atoms with van der Waals surface area (Å²) >= 11 is 0. The maximum absolute atomic E-state index is 12.4. The van der Waals surface area contributed by atoms with Gasteiger partial charge in [0.1, 0.15) is 5.69 Å². The van der Waals surface area contributed by atoms with E-state index in [1.54, 1.807) is 4.90 Å². The fourth-order valence-electron chi connectivity index (χ4n) is 2.31. The molecule has 1 N–H and O–H groups in total. The van der Waals surface area contributed by atoms with Crippen LogP contribution < -0.4 is 0 Å². The van der Waals surface area contributed by atoms with E-state index in [0.29, 0.717) is 19.5 Å². The van der Waals surface area contributed by atoms with Crippen molar-refractivity contribution in [3.8, 4) is 0 Å². The van der Waals surface area contributed by atoms with Crippen molar-refractivity contribution in [3.05, 3.63) is 29.6 Å². The van der Waals surface area contributed by atoms with Gasteiger partial charge in [-0.1, -0.05) is 0 Å². The molecule has 2 rings (SSSR count). The van der Waals surface area contributed by atoms with Crippen molar-refractivity contribution in [2.45, 2.75) is 19.0 Å². The van der Waals surface area contributed by atoms with Crippen LogP contribution in [0.25, 0.3) is 0 Å². The molecule has 1 atom stereocenters. The van der Waals surface area contributed by atoms with Crippen LogP contribution in [0.5, 0.6) is 0 Å². The molecule has 0 bridgehead atoms. The van der Waals surface area contributed by atoms with Crippen LogP contribution in [0.2, 0.25) is 0 Å². The highest BCUT2D eigenvalue weighted by atomic mass is 19.4. The highest BCUT2D eigenvalue weighted by Gasteiger charge is 2.33. The Kier molecular flexibility index (Phi) is 4.27. The molecule has 0 radical (unpaired) electrons. The number of aliphatic hydroxyl groups is 1. The zero-order valence-corrected chi connectivity index (χ0v) is 10.7. The number of hydrogen-bond donors (Lipinski definition) is 1. The number of aliphatic hydroxyl groups excluding tert-OH is 1. The summed E-state index contributed by atoms with van der Waals surface area (Å²) in [5.41, 5.74) is -0.851. The van der Waals surface area contributed by atoms with Crippen molar-refractivity contribution in [1.29, 1.82) is 0 Å². The fourth-order valence-corrected chi connectivity index (χ4v) is 2.31. The Labute approximate surface area is 114 Å². The lowest BCUT2D eigenvalue weighted by molar-refractivity contribution is -0.141. The number of aromatic nitrogens is 1. The zero-order chi connectivity index (χ0) is 14.8. The van der Waals surface area contributed by atoms with Crippen molar-refractivity contribution in [2.75, 3.05) is 19.7 Å². The number of rotatable bonds is 3. The maximum atomic E-state index is 12.4. The number of carbonyl (C=O) groups is 1. The smallest absolute Gasteiger partial charge is 0.396 e. The van der Waals surface area contributed by atoms with Gasteiger partial charge in [-0.15, -0.1) is 0 Å². The predicted molar refractivity (Wildman–Crippen MR) is 65.0 cm³/mol. The van der Waals surface area contributed by atoms with E-state index in [9.17, 15) is 18.0 Å². The third-order valence-corrected chi connectivity index (χ3v) is 3.41. The lowest BCUT2D eigenvalue weighted by atomic mass is 10.1. The lowest BCUT2D eigenvalue weighted by Crippen LogP contribution is -2.29. The first kappa shape index (κ1) is 14.8. The summed E-state index contributed by atoms with van der Waals surface area (Å²) in [5.74, 6) is -0.0574. The number of likely N-dealkylation sites (tertiary alicyclic amines) is 1. The van der Waals surface area contributed by atoms with Gasteiger partial charge in [0.25, 0.3) is 5.91 Å². The number of nitrogens with zero attached hydrogens (tertiary/aromatic N) is 2. The summed E-state index contributed by atoms with van der Waals surface area (Å²) in [5, 5.41) is 8.86. The van der Waals surface area contributed by atoms with Crippen molar-refractivity contribution >= 4 is 5.91 Å². The van der Waals surface area contributed by atoms with Gasteiger partial charge in [-0.2, -0.15) is 13.2 Å². The van der Waals surface area contributed by atoms with Crippen LogP contribution in [0, 0.1) is 5.92 Å². The van der Waals surface area contributed by atoms with E-state index in [-0.39, 0.29) is 24.0 Å². The fraction of sp³-hybridized carbons (Fsp3) is 0.538. The normalized spacial score (nSPS) is 19.4. The highest BCUT2D eigenvalue weighted by molar-refractivity contribution is 5.94. The third-order valence-electron chi connectivity index (χ3n) is 3.41. The molecule has 1 aromatic rings. The van der Waals surface area contributed by atoms with Gasteiger partial charge in [-0.05, 0) is 30.9 Å². The minimum Gasteiger partial charge on any atom is -0.396 e. The van der Waals surface area contributed by atoms with Crippen molar-refractivity contribution in [3.63, 3.8) is 0 Å². The van der Waals surface area contributed by atoms with Crippen LogP contribution >= 0.6 is 0 Å². The topological polar surface area (TPSA) is 53.4 Å². The highest BCUT2D eigenvalue weighted by Crippen LogP contribution is 2.27. The molecule has 1 unspecified atom stereocenters. The first-order chi connectivity index (χ1) is 9.41. The van der Waals surface area contributed by atoms with Gasteiger partial charge in [0.05, 0.1) is 5.56 Å². The molecule has 1 aromatic heterocycles. The quantitative estimate of drug-likeness (QED) is 0.925. The molecule has 7 heteroatoms. The number of halogens is 3. The van der Waals surface area contributed by atoms with Crippen molar-refractivity contribution in [2.24, 2.45) is 5.92 Å². The van der Waals surface area contributed by atoms with E-state index in [1.165, 1.54) is 0 Å². The lowest BCUT2D eigenvalue weighted by Gasteiger charge is -2.16. The summed E-state index contributed by atoms with van der Waals surface area (Å²) in [6.45, 7) is 1.17. The summed E-state index contributed by atoms with van der Waals surface area (Å²) in [4.78, 5) is 17.0. The largest absolute Gasteiger partial charge is 0.433 e. The van der Waals surface area contributed by atoms with Crippen LogP contribution in [0.3, 0.4) is 0 Å². The Hall–Kier alpha value is -1.63. The Morgan fingerprint density at radius 1 is 1.45 bits per heavy atom. The van der Waals surface area contributed by atoms with Gasteiger partial charge in [-0.25, -0.2) is 0 Å². The van der Waals surface area contributed by atoms with Gasteiger partial charge in [0, 0.05) is 25.9 Å². The number of alkyl halides is 3. The van der Waals surface area contributed by atoms with Gasteiger partial charge < -0.3 is 10.0 Å². The Bertz CT molecular complexity index is 473. The molecule has 1 saturated heterocycles. The number of carbonyl (C=O) groups excluding carboxylic acids is 1. The Morgan fingerprint density at radius 2 is 2.20 bits per heavy atom. The van der Waals surface area contributed by atoms with Gasteiger partial charge in [-0.3, -0.25) is 9.78 Å². The molecule has 0 saturated carbocycles. The zero-order valence-electron chi connectivity index (χ0n) is 10.7. The van der Waals surface area contributed by atoms with E-state index >= 15 is 0 Å². The van der Waals surface area contributed by atoms with E-state index < -0.39 is 11.9 Å². The second-order valence-corrected chi connectivity index (χ2v) is 4.85. The molecule has 20 heavy (non-hydrogen) atoms. The molecule has 0 spiro atoms. The van der Waals surface area contributed by atoms with Crippen LogP contribution in [0.4, 0.5) is 13.2 Å². The standard InChI is InChI=1S/C13H15F3N2O2/c14-13(15,16)11-2-1-10(7-17-11)12(20)18-5-3-9(8-18)4-6-19/h1-2,7,9,19H,3-6,8H2. The Morgan fingerprint density at radius 3 is 2.75 bits per heavy atom. The average molecular weight is 288 g/mol. The van der Waals surface area contributed by atoms with Crippen LogP contribution in [0.15, 0.2) is 18.3 Å². The summed E-state index contributed by atoms with van der Waals surface area (Å²) in [6, 6.07) is 1.96. The van der Waals surface area contributed by atoms with Crippen molar-refractivity contribution in [1.82, 2.24) is 9.88 Å². The molecule has 2 heterocycles. The van der Waals surface area contributed by atoms with Crippen molar-refractivity contribution < 1.29 is 23.1 Å². The van der Waals surface area contributed by atoms with Crippen LogP contribution in [-0.2, 0) is 6.18 Å². The minimum atomic E-state index is -4.50. The molecular formula is C13H15F3N2O2. The molecule has 1 aliphatic heterocycles. The van der Waals surface area contributed by atoms with E-state index in [0.717, 1.165) is 24.8 Å². The molecule has 1 aliphatic rings. The van der Waals surface area contributed by atoms with E-state index in [4.69, 9.17) is 5.11 Å². The maximum Gasteiger partial charge on any atom is 0.433 e. The SMILES string of the molecule is O=C(c1ccc(C(F)(F)F)nc1)N1CCC(CCO)C1. The summed E-state index contributed by atoms with van der Waals surface area (Å²) in [6.07, 6.45) is -2.10. The first-order valence-electron chi connectivity index (χ1n) is 6.35. The van der Waals surface area contributed by atoms with E-state index in [2.05, 4.69) is 4.98 Å². The number of pyridine rings is 1. The summed E-state index contributed by atoms with van der Waals surface area (Å²) in [7, 11) is 0. The number of amides is 1. The average Bonchev–Trinajstić information content (AvgIpc) is 2.86. The molecular weight excluding hydrogens is 273 g/mol. The molecule has 0 aliphatic carbocycles. The van der Waals surface area contributed by atoms with Gasteiger partial charge in [0.15, 0.2) is 0 Å². The van der Waals surface area contributed by atoms with Crippen LogP contribution in [0.1, 0.15) is 28.9 Å². The third kappa shape index (κ3) is 3.27. The van der Waals surface area contributed by atoms with Gasteiger partial charge in [0.2, 0.25) is 0 Å². The molecule has 1 amide bonds. The monoisotopic (exact) mass is 288 g/mol. The molecule has 4 nitrogen and oxygen atoms in total. The molecule has 0 aromatic carbocycles. The van der Waals surface area contributed by atoms with Gasteiger partial charge >= 0.3 is 6.18 Å². The molecule has 1 fully saturated rings. The second kappa shape index (κ2) is 5.78. The minimum absolute atomic E-state index is 0.0779. The second-order valence-electron chi connectivity index (χ2n) is 4.85. The first-order valence-corrected chi connectivity index (χ1v) is 6.35. The molecule has 110 valence electrons. The predicted octanol–water partition coefficient (Wildman–Crippen LogP) is 1.94. The van der Waals surface area contributed by atoms with Crippen LogP contribution in [-0.4, -0.2) is 40.6 Å². The Balaban J connectivity index is 2.03. The summed E-state index contributed by atoms with van der Waals surface area (Å²) < 4.78 is 37.1. The van der Waals surface area contributed by atoms with E-state index in [1.807, 2.05) is 0 Å².